The van der Waals surface area contributed by atoms with Gasteiger partial charge in [-0.1, -0.05) is 6.42 Å². The van der Waals surface area contributed by atoms with Gasteiger partial charge in [-0.2, -0.15) is 0 Å². The van der Waals surface area contributed by atoms with Crippen molar-refractivity contribution in [3.05, 3.63) is 0 Å². The first kappa shape index (κ1) is 24.7. The van der Waals surface area contributed by atoms with E-state index in [1.165, 1.54) is 0 Å². The second-order valence-electron chi connectivity index (χ2n) is 8.61. The van der Waals surface area contributed by atoms with Crippen molar-refractivity contribution in [3.63, 3.8) is 0 Å². The predicted molar refractivity (Wildman–Crippen MR) is 117 cm³/mol. The van der Waals surface area contributed by atoms with Crippen LogP contribution in [-0.4, -0.2) is 73.1 Å². The molecule has 6 N–H and O–H groups in total. The molecule has 0 aromatic rings. The zero-order chi connectivity index (χ0) is 22.6. The van der Waals surface area contributed by atoms with Gasteiger partial charge >= 0.3 is 11.9 Å². The van der Waals surface area contributed by atoms with Gasteiger partial charge in [0, 0.05) is 50.9 Å². The maximum atomic E-state index is 11.9. The second-order valence-corrected chi connectivity index (χ2v) is 8.61. The third kappa shape index (κ3) is 9.44. The largest absolute Gasteiger partial charge is 0.465 e. The first-order valence-corrected chi connectivity index (χ1v) is 11.3. The quantitative estimate of drug-likeness (QED) is 0.171. The number of nitrogens with one attached hydrogen (secondary N) is 2. The van der Waals surface area contributed by atoms with E-state index >= 15 is 0 Å². The number of likely N-dealkylation sites (tertiary alicyclic amines) is 2. The summed E-state index contributed by atoms with van der Waals surface area (Å²) in [7, 11) is 0. The molecule has 0 radical (unpaired) electrons. The van der Waals surface area contributed by atoms with Crippen molar-refractivity contribution in [1.29, 1.82) is 10.8 Å². The molecule has 2 atom stereocenters. The SMILES string of the molecule is N=C(N)N1CCCC(COC(=O)CCCCCC(=O)OCC2CCCN(C(=N)N)C2)C1. The monoisotopic (exact) mass is 438 g/mol. The molecule has 2 heterocycles. The fourth-order valence-electron chi connectivity index (χ4n) is 4.12. The van der Waals surface area contributed by atoms with Crippen molar-refractivity contribution in [2.24, 2.45) is 23.3 Å². The Morgan fingerprint density at radius 1 is 0.774 bits per heavy atom. The van der Waals surface area contributed by atoms with Crippen LogP contribution in [0.25, 0.3) is 0 Å². The van der Waals surface area contributed by atoms with E-state index in [1.54, 1.807) is 0 Å². The number of rotatable bonds is 10. The Morgan fingerprint density at radius 3 is 1.58 bits per heavy atom. The molecule has 2 rings (SSSR count). The van der Waals surface area contributed by atoms with Gasteiger partial charge in [-0.05, 0) is 38.5 Å². The molecule has 2 aliphatic heterocycles. The van der Waals surface area contributed by atoms with Crippen LogP contribution < -0.4 is 11.5 Å². The number of nitrogens with zero attached hydrogens (tertiary/aromatic N) is 2. The summed E-state index contributed by atoms with van der Waals surface area (Å²) in [5.74, 6) is 0.175. The minimum Gasteiger partial charge on any atom is -0.465 e. The summed E-state index contributed by atoms with van der Waals surface area (Å²) in [6.45, 7) is 3.66. The van der Waals surface area contributed by atoms with E-state index in [-0.39, 0.29) is 35.7 Å². The average Bonchev–Trinajstić information content (AvgIpc) is 2.76. The fourth-order valence-corrected chi connectivity index (χ4v) is 4.12. The van der Waals surface area contributed by atoms with E-state index in [0.717, 1.165) is 45.2 Å². The fraction of sp³-hybridized carbons (Fsp3) is 0.810. The van der Waals surface area contributed by atoms with Gasteiger partial charge in [0.1, 0.15) is 0 Å². The van der Waals surface area contributed by atoms with E-state index in [2.05, 4.69) is 0 Å². The van der Waals surface area contributed by atoms with Gasteiger partial charge in [-0.3, -0.25) is 20.4 Å². The summed E-state index contributed by atoms with van der Waals surface area (Å²) in [4.78, 5) is 27.5. The number of ether oxygens (including phenoxy) is 2. The molecule has 2 fully saturated rings. The summed E-state index contributed by atoms with van der Waals surface area (Å²) in [5.41, 5.74) is 11.1. The van der Waals surface area contributed by atoms with Gasteiger partial charge in [0.2, 0.25) is 0 Å². The maximum absolute atomic E-state index is 11.9. The number of carbonyl (C=O) groups is 2. The van der Waals surface area contributed by atoms with Crippen LogP contribution in [0.3, 0.4) is 0 Å². The number of carbonyl (C=O) groups excluding carboxylic acids is 2. The lowest BCUT2D eigenvalue weighted by atomic mass is 9.99. The van der Waals surface area contributed by atoms with E-state index in [4.69, 9.17) is 31.8 Å². The molecule has 0 spiro atoms. The molecular formula is C21H38N6O4. The first-order valence-electron chi connectivity index (χ1n) is 11.3. The highest BCUT2D eigenvalue weighted by Gasteiger charge is 2.23. The molecular weight excluding hydrogens is 400 g/mol. The smallest absolute Gasteiger partial charge is 0.305 e. The number of unbranched alkanes of at least 4 members (excludes halogenated alkanes) is 2. The van der Waals surface area contributed by atoms with Crippen LogP contribution >= 0.6 is 0 Å². The number of esters is 2. The van der Waals surface area contributed by atoms with Crippen LogP contribution in [0.2, 0.25) is 0 Å². The summed E-state index contributed by atoms with van der Waals surface area (Å²) in [6, 6.07) is 0. The van der Waals surface area contributed by atoms with E-state index < -0.39 is 0 Å². The lowest BCUT2D eigenvalue weighted by molar-refractivity contribution is -0.145. The summed E-state index contributed by atoms with van der Waals surface area (Å²) < 4.78 is 10.7. The van der Waals surface area contributed by atoms with Crippen LogP contribution in [0.5, 0.6) is 0 Å². The number of guanidine groups is 2. The summed E-state index contributed by atoms with van der Waals surface area (Å²) in [6.07, 6.45) is 6.70. The van der Waals surface area contributed by atoms with Crippen LogP contribution in [0, 0.1) is 22.7 Å². The Bertz CT molecular complexity index is 577. The zero-order valence-electron chi connectivity index (χ0n) is 18.4. The number of hydrogen-bond acceptors (Lipinski definition) is 6. The van der Waals surface area contributed by atoms with E-state index in [0.29, 0.717) is 52.0 Å². The molecule has 0 saturated carbocycles. The minimum atomic E-state index is -0.213. The zero-order valence-corrected chi connectivity index (χ0v) is 18.4. The maximum Gasteiger partial charge on any atom is 0.305 e. The minimum absolute atomic E-state index is 0.0753. The third-order valence-electron chi connectivity index (χ3n) is 5.94. The van der Waals surface area contributed by atoms with Crippen molar-refractivity contribution in [3.8, 4) is 0 Å². The molecule has 10 heteroatoms. The normalized spacial score (nSPS) is 21.4. The van der Waals surface area contributed by atoms with Crippen molar-refractivity contribution in [2.45, 2.75) is 57.8 Å². The van der Waals surface area contributed by atoms with Gasteiger partial charge in [0.05, 0.1) is 13.2 Å². The van der Waals surface area contributed by atoms with E-state index in [9.17, 15) is 9.59 Å². The molecule has 10 nitrogen and oxygen atoms in total. The van der Waals surface area contributed by atoms with Gasteiger partial charge in [-0.15, -0.1) is 0 Å². The lowest BCUT2D eigenvalue weighted by Gasteiger charge is -2.32. The molecule has 0 aliphatic carbocycles. The predicted octanol–water partition coefficient (Wildman–Crippen LogP) is 1.23. The first-order chi connectivity index (χ1) is 14.8. The average molecular weight is 439 g/mol. The van der Waals surface area contributed by atoms with Crippen molar-refractivity contribution in [2.75, 3.05) is 39.4 Å². The lowest BCUT2D eigenvalue weighted by Crippen LogP contribution is -2.44. The van der Waals surface area contributed by atoms with Gasteiger partial charge in [0.25, 0.3) is 0 Å². The van der Waals surface area contributed by atoms with Gasteiger partial charge in [-0.25, -0.2) is 0 Å². The molecule has 0 aromatic heterocycles. The van der Waals surface area contributed by atoms with Crippen LogP contribution in [0.4, 0.5) is 0 Å². The van der Waals surface area contributed by atoms with Crippen molar-refractivity contribution in [1.82, 2.24) is 9.80 Å². The highest BCUT2D eigenvalue weighted by molar-refractivity contribution is 5.75. The van der Waals surface area contributed by atoms with Crippen molar-refractivity contribution < 1.29 is 19.1 Å². The Kier molecular flexibility index (Phi) is 10.4. The van der Waals surface area contributed by atoms with Crippen LogP contribution in [-0.2, 0) is 19.1 Å². The molecule has 31 heavy (non-hydrogen) atoms. The summed E-state index contributed by atoms with van der Waals surface area (Å²) in [5, 5.41) is 15.0. The molecule has 0 bridgehead atoms. The number of piperidine rings is 2. The second kappa shape index (κ2) is 13.0. The highest BCUT2D eigenvalue weighted by atomic mass is 16.5. The van der Waals surface area contributed by atoms with Gasteiger partial charge in [0.15, 0.2) is 11.9 Å². The summed E-state index contributed by atoms with van der Waals surface area (Å²) >= 11 is 0. The Balaban J connectivity index is 1.48. The molecule has 0 amide bonds. The van der Waals surface area contributed by atoms with Gasteiger partial charge < -0.3 is 30.7 Å². The molecule has 2 saturated heterocycles. The Morgan fingerprint density at radius 2 is 1.19 bits per heavy atom. The standard InChI is InChI=1S/C21H38N6O4/c22-20(23)26-10-4-6-16(12-26)14-30-18(28)8-2-1-3-9-19(29)31-15-17-7-5-11-27(13-17)21(24)25/h16-17H,1-15H2,(H3,22,23)(H3,24,25). The topological polar surface area (TPSA) is 159 Å². The van der Waals surface area contributed by atoms with Crippen LogP contribution in [0.15, 0.2) is 0 Å². The molecule has 0 aromatic carbocycles. The number of hydrogen-bond donors (Lipinski definition) is 4. The molecule has 2 aliphatic rings. The highest BCUT2D eigenvalue weighted by Crippen LogP contribution is 2.18. The molecule has 2 unspecified atom stereocenters. The van der Waals surface area contributed by atoms with E-state index in [1.807, 2.05) is 9.80 Å². The third-order valence-corrected chi connectivity index (χ3v) is 5.94. The Hall–Kier alpha value is -2.52. The Labute approximate surface area is 184 Å². The van der Waals surface area contributed by atoms with Crippen molar-refractivity contribution >= 4 is 23.9 Å². The molecule has 176 valence electrons. The number of nitrogens with two attached hydrogens (primary N) is 2. The van der Waals surface area contributed by atoms with Crippen LogP contribution in [0.1, 0.15) is 57.8 Å².